The standard InChI is InChI=1S/C38H28F6O6S5/c39-37(40,41)54(45,46)49-52(31-13-5-1-6-14-31,32-15-7-2-8-16-32)35-25-21-29(22-26-35)51-30-23-27-36(28-24-30)53(33-17-9-3-10-18-33,34-19-11-4-12-20-34)50-55(47,48)38(42,43)44/h1-28H. The molecule has 0 aliphatic heterocycles. The summed E-state index contributed by atoms with van der Waals surface area (Å²) >= 11 is 1.18. The van der Waals surface area contributed by atoms with E-state index >= 15 is 0 Å². The Hall–Kier alpha value is -4.23. The molecule has 0 N–H and O–H groups in total. The number of hydrogen-bond acceptors (Lipinski definition) is 7. The predicted molar refractivity (Wildman–Crippen MR) is 200 cm³/mol. The van der Waals surface area contributed by atoms with Gasteiger partial charge in [0.2, 0.25) is 0 Å². The van der Waals surface area contributed by atoms with Crippen LogP contribution >= 0.6 is 32.4 Å². The van der Waals surface area contributed by atoms with E-state index in [1.54, 1.807) is 97.1 Å². The summed E-state index contributed by atoms with van der Waals surface area (Å²) in [4.78, 5) is 2.21. The second-order valence-corrected chi connectivity index (χ2v) is 21.4. The summed E-state index contributed by atoms with van der Waals surface area (Å²) < 4.78 is 144. The molecule has 6 nitrogen and oxygen atoms in total. The minimum Gasteiger partial charge on any atom is -0.200 e. The SMILES string of the molecule is O=S(=O)(OS(c1ccccc1)(c1ccccc1)c1ccc(Sc2ccc(S(OS(=O)(=O)C(F)(F)F)(c3ccccc3)c3ccccc3)cc2)cc1)C(F)(F)F. The molecule has 0 aliphatic carbocycles. The molecule has 0 amide bonds. The van der Waals surface area contributed by atoms with Crippen molar-refractivity contribution in [1.29, 1.82) is 0 Å². The fourth-order valence-electron chi connectivity index (χ4n) is 5.38. The summed E-state index contributed by atoms with van der Waals surface area (Å²) in [5.41, 5.74) is -11.4. The molecule has 0 saturated heterocycles. The third-order valence-corrected chi connectivity index (χ3v) is 18.6. The quantitative estimate of drug-likeness (QED) is 0.0895. The third-order valence-electron chi connectivity index (χ3n) is 7.80. The van der Waals surface area contributed by atoms with Crippen molar-refractivity contribution < 1.29 is 50.4 Å². The fourth-order valence-corrected chi connectivity index (χ4v) is 15.7. The van der Waals surface area contributed by atoms with Gasteiger partial charge in [0.25, 0.3) is 0 Å². The van der Waals surface area contributed by atoms with Crippen molar-refractivity contribution in [2.24, 2.45) is 0 Å². The molecule has 0 saturated carbocycles. The normalized spacial score (nSPS) is 13.6. The molecule has 0 radical (unpaired) electrons. The minimum atomic E-state index is -6.11. The average molecular weight is 855 g/mol. The van der Waals surface area contributed by atoms with Crippen LogP contribution < -0.4 is 0 Å². The van der Waals surface area contributed by atoms with Gasteiger partial charge in [-0.15, -0.1) is 0 Å². The molecule has 0 unspecified atom stereocenters. The molecule has 17 heteroatoms. The average Bonchev–Trinajstić information content (AvgIpc) is 3.17. The van der Waals surface area contributed by atoms with Crippen molar-refractivity contribution in [2.75, 3.05) is 0 Å². The van der Waals surface area contributed by atoms with Crippen molar-refractivity contribution >= 4 is 52.6 Å². The minimum absolute atomic E-state index is 0.152. The van der Waals surface area contributed by atoms with Crippen LogP contribution in [0.2, 0.25) is 0 Å². The Bertz CT molecular complexity index is 2180. The highest BCUT2D eigenvalue weighted by atomic mass is 32.3. The molecule has 0 aliphatic rings. The number of halogens is 6. The lowest BCUT2D eigenvalue weighted by molar-refractivity contribution is -0.0501. The maximum atomic E-state index is 13.9. The van der Waals surface area contributed by atoms with Crippen LogP contribution in [0.25, 0.3) is 0 Å². The molecule has 288 valence electrons. The van der Waals surface area contributed by atoms with Crippen molar-refractivity contribution in [3.8, 4) is 0 Å². The van der Waals surface area contributed by atoms with Crippen LogP contribution in [0.3, 0.4) is 0 Å². The summed E-state index contributed by atoms with van der Waals surface area (Å²) in [6, 6.07) is 43.2. The van der Waals surface area contributed by atoms with E-state index in [-0.39, 0.29) is 29.4 Å². The number of rotatable bonds is 12. The van der Waals surface area contributed by atoms with Crippen molar-refractivity contribution in [1.82, 2.24) is 0 Å². The first-order valence-corrected chi connectivity index (χ1v) is 22.5. The number of alkyl halides is 6. The van der Waals surface area contributed by atoms with Gasteiger partial charge in [-0.25, -0.2) is 0 Å². The highest BCUT2D eigenvalue weighted by Crippen LogP contribution is 2.72. The summed E-state index contributed by atoms with van der Waals surface area (Å²) in [6.07, 6.45) is 0. The fraction of sp³-hybridized carbons (Fsp3) is 0.0526. The van der Waals surface area contributed by atoms with E-state index in [9.17, 15) is 43.2 Å². The van der Waals surface area contributed by atoms with E-state index in [4.69, 9.17) is 7.26 Å². The van der Waals surface area contributed by atoms with E-state index in [1.165, 1.54) is 84.6 Å². The van der Waals surface area contributed by atoms with E-state index in [0.717, 1.165) is 0 Å². The summed E-state index contributed by atoms with van der Waals surface area (Å²) in [6.45, 7) is 0. The predicted octanol–water partition coefficient (Wildman–Crippen LogP) is 12.0. The summed E-state index contributed by atoms with van der Waals surface area (Å²) in [7, 11) is -19.3. The molecule has 0 atom stereocenters. The van der Waals surface area contributed by atoms with Crippen LogP contribution in [0.5, 0.6) is 0 Å². The first-order valence-electron chi connectivity index (χ1n) is 15.8. The number of benzene rings is 6. The van der Waals surface area contributed by atoms with E-state index < -0.39 is 51.9 Å². The van der Waals surface area contributed by atoms with Crippen LogP contribution in [0.4, 0.5) is 26.3 Å². The maximum absolute atomic E-state index is 13.9. The molecule has 0 fully saturated rings. The van der Waals surface area contributed by atoms with Gasteiger partial charge in [-0.05, 0) is 118 Å². The Morgan fingerprint density at radius 2 is 0.564 bits per heavy atom. The van der Waals surface area contributed by atoms with Crippen molar-refractivity contribution in [3.05, 3.63) is 170 Å². The van der Waals surface area contributed by atoms with Gasteiger partial charge in [0, 0.05) is 39.2 Å². The largest absolute Gasteiger partial charge is 0.524 e. The molecule has 6 rings (SSSR count). The Morgan fingerprint density at radius 1 is 0.345 bits per heavy atom. The smallest absolute Gasteiger partial charge is 0.200 e. The van der Waals surface area contributed by atoms with E-state index in [0.29, 0.717) is 9.79 Å². The van der Waals surface area contributed by atoms with Crippen LogP contribution in [-0.4, -0.2) is 27.9 Å². The van der Waals surface area contributed by atoms with Gasteiger partial charge >= 0.3 is 31.3 Å². The van der Waals surface area contributed by atoms with Crippen LogP contribution in [0, 0.1) is 0 Å². The Kier molecular flexibility index (Phi) is 11.6. The molecule has 6 aromatic rings. The van der Waals surface area contributed by atoms with E-state index in [2.05, 4.69) is 0 Å². The van der Waals surface area contributed by atoms with Gasteiger partial charge < -0.3 is 0 Å². The van der Waals surface area contributed by atoms with Crippen molar-refractivity contribution in [3.63, 3.8) is 0 Å². The lowest BCUT2D eigenvalue weighted by Crippen LogP contribution is -2.27. The molecular formula is C38H28F6O6S5. The molecule has 0 aromatic heterocycles. The first-order chi connectivity index (χ1) is 26.0. The van der Waals surface area contributed by atoms with Crippen molar-refractivity contribution in [2.45, 2.75) is 50.2 Å². The van der Waals surface area contributed by atoms with Gasteiger partial charge in [0.05, 0.1) is 0 Å². The van der Waals surface area contributed by atoms with Gasteiger partial charge in [-0.2, -0.15) is 50.4 Å². The Balaban J connectivity index is 1.41. The molecule has 0 heterocycles. The molecule has 6 aromatic carbocycles. The zero-order chi connectivity index (χ0) is 39.5. The zero-order valence-corrected chi connectivity index (χ0v) is 32.0. The highest BCUT2D eigenvalue weighted by Gasteiger charge is 2.53. The lowest BCUT2D eigenvalue weighted by Gasteiger charge is -2.39. The lowest BCUT2D eigenvalue weighted by atomic mass is 10.3. The van der Waals surface area contributed by atoms with Gasteiger partial charge in [0.15, 0.2) is 0 Å². The van der Waals surface area contributed by atoms with E-state index in [1.807, 2.05) is 0 Å². The van der Waals surface area contributed by atoms with Crippen LogP contribution in [0.1, 0.15) is 0 Å². The summed E-state index contributed by atoms with van der Waals surface area (Å²) in [5, 5.41) is 0. The Morgan fingerprint density at radius 3 is 0.782 bits per heavy atom. The van der Waals surface area contributed by atoms with Gasteiger partial charge in [-0.3, -0.25) is 0 Å². The molecular weight excluding hydrogens is 827 g/mol. The zero-order valence-electron chi connectivity index (χ0n) is 27.9. The van der Waals surface area contributed by atoms with Gasteiger partial charge in [-0.1, -0.05) is 84.6 Å². The highest BCUT2D eigenvalue weighted by molar-refractivity contribution is 8.33. The first kappa shape index (κ1) is 40.4. The van der Waals surface area contributed by atoms with Crippen LogP contribution in [0.15, 0.2) is 209 Å². The number of hydrogen-bond donors (Lipinski definition) is 0. The third kappa shape index (κ3) is 8.19. The van der Waals surface area contributed by atoms with Crippen LogP contribution in [-0.2, 0) is 27.5 Å². The topological polar surface area (TPSA) is 86.7 Å². The molecule has 0 bridgehead atoms. The second-order valence-electron chi connectivity index (χ2n) is 11.3. The monoisotopic (exact) mass is 854 g/mol. The maximum Gasteiger partial charge on any atom is 0.524 e. The second kappa shape index (κ2) is 15.7. The molecule has 55 heavy (non-hydrogen) atoms. The summed E-state index contributed by atoms with van der Waals surface area (Å²) in [5.74, 6) is 0. The Labute approximate surface area is 321 Å². The van der Waals surface area contributed by atoms with Gasteiger partial charge in [0.1, 0.15) is 0 Å². The molecule has 0 spiro atoms.